The van der Waals surface area contributed by atoms with Crippen LogP contribution in [0.4, 0.5) is 0 Å². The summed E-state index contributed by atoms with van der Waals surface area (Å²) in [6.45, 7) is 2.47. The van der Waals surface area contributed by atoms with E-state index in [4.69, 9.17) is 9.47 Å². The monoisotopic (exact) mass is 452 g/mol. The van der Waals surface area contributed by atoms with E-state index in [1.165, 1.54) is 76.8 Å². The number of sulfonamides is 1. The molecule has 176 valence electrons. The number of benzene rings is 1. The number of nitrogens with zero attached hydrogens (tertiary/aromatic N) is 1. The quantitative estimate of drug-likeness (QED) is 0.165. The first-order valence-corrected chi connectivity index (χ1v) is 13.7. The van der Waals surface area contributed by atoms with Crippen LogP contribution in [0.5, 0.6) is 11.5 Å². The van der Waals surface area contributed by atoms with Crippen LogP contribution >= 0.6 is 0 Å². The third-order valence-corrected chi connectivity index (χ3v) is 6.78. The normalized spacial score (nSPS) is 13.2. The Morgan fingerprint density at radius 1 is 0.839 bits per heavy atom. The number of ether oxygens (including phenoxy) is 2. The summed E-state index contributed by atoms with van der Waals surface area (Å²) in [6.07, 6.45) is 18.9. The molecule has 1 aromatic rings. The molecule has 0 bridgehead atoms. The van der Waals surface area contributed by atoms with Crippen molar-refractivity contribution in [3.63, 3.8) is 0 Å². The number of unbranched alkanes of at least 4 members (excludes halogenated alkanes) is 13. The van der Waals surface area contributed by atoms with Crippen molar-refractivity contribution in [3.8, 4) is 11.5 Å². The molecule has 1 aliphatic heterocycles. The van der Waals surface area contributed by atoms with E-state index in [0.29, 0.717) is 17.9 Å². The van der Waals surface area contributed by atoms with E-state index in [1.54, 1.807) is 18.2 Å². The second-order valence-electron chi connectivity index (χ2n) is 8.38. The van der Waals surface area contributed by atoms with Gasteiger partial charge in [0.2, 0.25) is 16.8 Å². The van der Waals surface area contributed by atoms with Gasteiger partial charge in [-0.15, -0.1) is 0 Å². The zero-order valence-electron chi connectivity index (χ0n) is 19.1. The smallest absolute Gasteiger partial charge is 0.247 e. The average Bonchev–Trinajstić information content (AvgIpc) is 3.22. The first-order chi connectivity index (χ1) is 15.1. The van der Waals surface area contributed by atoms with Crippen LogP contribution in [0.25, 0.3) is 0 Å². The maximum atomic E-state index is 12.1. The fraction of sp³-hybridized carbons (Fsp3) is 0.708. The number of nitrogens with one attached hydrogen (secondary N) is 1. The van der Waals surface area contributed by atoms with Crippen molar-refractivity contribution in [2.75, 3.05) is 12.5 Å². The number of rotatable bonds is 18. The van der Waals surface area contributed by atoms with Crippen LogP contribution in [0.1, 0.15) is 102 Å². The van der Waals surface area contributed by atoms with E-state index < -0.39 is 10.0 Å². The van der Waals surface area contributed by atoms with Crippen LogP contribution in [-0.2, 0) is 10.0 Å². The highest BCUT2D eigenvalue weighted by atomic mass is 32.2. The molecule has 0 fully saturated rings. The van der Waals surface area contributed by atoms with Crippen LogP contribution in [0.15, 0.2) is 23.3 Å². The molecule has 0 saturated carbocycles. The maximum Gasteiger partial charge on any atom is 0.247 e. The highest BCUT2D eigenvalue weighted by Gasteiger charge is 2.12. The number of fused-ring (bicyclic) bond motifs is 1. The molecule has 0 radical (unpaired) electrons. The largest absolute Gasteiger partial charge is 0.454 e. The molecule has 0 unspecified atom stereocenters. The zero-order valence-corrected chi connectivity index (χ0v) is 19.9. The van der Waals surface area contributed by atoms with Gasteiger partial charge < -0.3 is 9.47 Å². The van der Waals surface area contributed by atoms with Gasteiger partial charge >= 0.3 is 0 Å². The van der Waals surface area contributed by atoms with Crippen molar-refractivity contribution in [3.05, 3.63) is 23.8 Å². The Balaban J connectivity index is 1.44. The van der Waals surface area contributed by atoms with E-state index in [0.717, 1.165) is 18.4 Å². The lowest BCUT2D eigenvalue weighted by Crippen LogP contribution is -2.21. The molecule has 0 aliphatic carbocycles. The van der Waals surface area contributed by atoms with Crippen molar-refractivity contribution >= 4 is 16.2 Å². The predicted octanol–water partition coefficient (Wildman–Crippen LogP) is 6.15. The Bertz CT molecular complexity index is 750. The minimum Gasteiger partial charge on any atom is -0.454 e. The molecule has 2 rings (SSSR count). The minimum absolute atomic E-state index is 0.115. The molecule has 0 amide bonds. The molecule has 31 heavy (non-hydrogen) atoms. The highest BCUT2D eigenvalue weighted by molar-refractivity contribution is 7.89. The first-order valence-electron chi connectivity index (χ1n) is 12.0. The molecule has 6 nitrogen and oxygen atoms in total. The highest BCUT2D eigenvalue weighted by Crippen LogP contribution is 2.31. The van der Waals surface area contributed by atoms with Crippen LogP contribution in [-0.4, -0.2) is 27.2 Å². The summed E-state index contributed by atoms with van der Waals surface area (Å²) in [5, 5.41) is 3.86. The first kappa shape index (κ1) is 25.5. The molecule has 0 spiro atoms. The van der Waals surface area contributed by atoms with E-state index in [2.05, 4.69) is 16.9 Å². The summed E-state index contributed by atoms with van der Waals surface area (Å²) in [5.41, 5.74) is 0.753. The molecule has 0 aromatic heterocycles. The van der Waals surface area contributed by atoms with Gasteiger partial charge in [-0.3, -0.25) is 0 Å². The fourth-order valence-corrected chi connectivity index (χ4v) is 4.60. The van der Waals surface area contributed by atoms with E-state index in [9.17, 15) is 8.42 Å². The summed E-state index contributed by atoms with van der Waals surface area (Å²) in [5.74, 6) is 1.45. The van der Waals surface area contributed by atoms with Gasteiger partial charge in [-0.2, -0.15) is 5.10 Å². The van der Waals surface area contributed by atoms with Gasteiger partial charge in [-0.25, -0.2) is 13.2 Å². The molecular weight excluding hydrogens is 412 g/mol. The van der Waals surface area contributed by atoms with Gasteiger partial charge in [0.05, 0.1) is 12.0 Å². The van der Waals surface area contributed by atoms with E-state index in [-0.39, 0.29) is 12.5 Å². The average molecular weight is 453 g/mol. The van der Waals surface area contributed by atoms with Crippen LogP contribution in [0.2, 0.25) is 0 Å². The lowest BCUT2D eigenvalue weighted by atomic mass is 10.0. The van der Waals surface area contributed by atoms with Crippen LogP contribution in [0.3, 0.4) is 0 Å². The summed E-state index contributed by atoms with van der Waals surface area (Å²) in [6, 6.07) is 5.36. The summed E-state index contributed by atoms with van der Waals surface area (Å²) in [4.78, 5) is 2.29. The standard InChI is InChI=1S/C24H40N2O4S/c1-2-3-4-5-6-7-8-9-10-11-12-13-14-15-18-31(27,28)26-25-20-22-16-17-23-24(19-22)30-21-29-23/h16-17,19-20,26H,2-15,18,21H2,1H3/b25-20-. The molecule has 1 aliphatic rings. The van der Waals surface area contributed by atoms with Crippen LogP contribution < -0.4 is 14.3 Å². The molecule has 0 saturated heterocycles. The summed E-state index contributed by atoms with van der Waals surface area (Å²) >= 11 is 0. The molecule has 7 heteroatoms. The van der Waals surface area contributed by atoms with Crippen molar-refractivity contribution in [1.29, 1.82) is 0 Å². The predicted molar refractivity (Wildman–Crippen MR) is 127 cm³/mol. The van der Waals surface area contributed by atoms with E-state index >= 15 is 0 Å². The Labute approximate surface area is 188 Å². The Kier molecular flexibility index (Phi) is 12.4. The Morgan fingerprint density at radius 2 is 1.39 bits per heavy atom. The third kappa shape index (κ3) is 11.4. The molecule has 1 N–H and O–H groups in total. The maximum absolute atomic E-state index is 12.1. The van der Waals surface area contributed by atoms with Gasteiger partial charge in [0, 0.05) is 0 Å². The summed E-state index contributed by atoms with van der Waals surface area (Å²) in [7, 11) is -3.38. The van der Waals surface area contributed by atoms with Gasteiger partial charge in [0.15, 0.2) is 11.5 Å². The minimum atomic E-state index is -3.38. The topological polar surface area (TPSA) is 77.0 Å². The third-order valence-electron chi connectivity index (χ3n) is 5.57. The molecular formula is C24H40N2O4S. The van der Waals surface area contributed by atoms with Crippen molar-refractivity contribution in [2.24, 2.45) is 5.10 Å². The van der Waals surface area contributed by atoms with Crippen molar-refractivity contribution < 1.29 is 17.9 Å². The SMILES string of the molecule is CCCCCCCCCCCCCCCCS(=O)(=O)N/N=C\c1ccc2c(c1)OCO2. The lowest BCUT2D eigenvalue weighted by Gasteiger charge is -2.04. The molecule has 1 heterocycles. The fourth-order valence-electron chi connectivity index (χ4n) is 3.71. The van der Waals surface area contributed by atoms with Crippen LogP contribution in [0, 0.1) is 0 Å². The van der Waals surface area contributed by atoms with E-state index in [1.807, 2.05) is 0 Å². The number of hydrazone groups is 1. The second-order valence-corrected chi connectivity index (χ2v) is 10.2. The van der Waals surface area contributed by atoms with Gasteiger partial charge in [0.25, 0.3) is 0 Å². The molecule has 0 atom stereocenters. The Morgan fingerprint density at radius 3 is 2.00 bits per heavy atom. The van der Waals surface area contributed by atoms with Gasteiger partial charge in [0.1, 0.15) is 0 Å². The Hall–Kier alpha value is -1.76. The number of hydrogen-bond acceptors (Lipinski definition) is 5. The van der Waals surface area contributed by atoms with Crippen molar-refractivity contribution in [1.82, 2.24) is 4.83 Å². The lowest BCUT2D eigenvalue weighted by molar-refractivity contribution is 0.174. The summed E-state index contributed by atoms with van der Waals surface area (Å²) < 4.78 is 34.7. The second kappa shape index (κ2) is 15.1. The molecule has 1 aromatic carbocycles. The van der Waals surface area contributed by atoms with Gasteiger partial charge in [-0.1, -0.05) is 90.4 Å². The number of hydrogen-bond donors (Lipinski definition) is 1. The zero-order chi connectivity index (χ0) is 22.2. The van der Waals surface area contributed by atoms with Crippen molar-refractivity contribution in [2.45, 2.75) is 96.8 Å². The van der Waals surface area contributed by atoms with Gasteiger partial charge in [-0.05, 0) is 30.2 Å².